The molecule has 2 heterocycles. The molecular weight excluding hydrogens is 128 g/mol. The Kier molecular flexibility index (Phi) is 1.06. The molecule has 0 radical (unpaired) electrons. The largest absolute Gasteiger partial charge is 0.364 e. The van der Waals surface area contributed by atoms with Crippen LogP contribution < -0.4 is 5.32 Å². The normalized spacial score (nSPS) is 35.1. The Labute approximate surface area is 58.8 Å². The molecular formula is C6H8N4. The zero-order chi connectivity index (χ0) is 6.97. The van der Waals surface area contributed by atoms with Crippen molar-refractivity contribution in [2.24, 2.45) is 15.0 Å². The molecule has 2 aliphatic rings. The molecule has 4 nitrogen and oxygen atoms in total. The van der Waals surface area contributed by atoms with Crippen LogP contribution in [0.2, 0.25) is 0 Å². The summed E-state index contributed by atoms with van der Waals surface area (Å²) in [5, 5.41) is 3.07. The van der Waals surface area contributed by atoms with Crippen LogP contribution in [0.15, 0.2) is 15.0 Å². The average molecular weight is 136 g/mol. The molecule has 52 valence electrons. The fourth-order valence-electron chi connectivity index (χ4n) is 1.09. The second-order valence-electron chi connectivity index (χ2n) is 2.39. The topological polar surface area (TPSA) is 49.1 Å². The summed E-state index contributed by atoms with van der Waals surface area (Å²) in [6.07, 6.45) is 3.25. The zero-order valence-electron chi connectivity index (χ0n) is 5.65. The predicted octanol–water partition coefficient (Wildman–Crippen LogP) is -0.185. The monoisotopic (exact) mass is 136 g/mol. The Morgan fingerprint density at radius 2 is 2.50 bits per heavy atom. The van der Waals surface area contributed by atoms with E-state index >= 15 is 0 Å². The van der Waals surface area contributed by atoms with E-state index in [1.165, 1.54) is 0 Å². The lowest BCUT2D eigenvalue weighted by molar-refractivity contribution is 0.638. The van der Waals surface area contributed by atoms with E-state index in [0.717, 1.165) is 5.84 Å². The molecule has 0 amide bonds. The molecule has 0 aromatic rings. The van der Waals surface area contributed by atoms with E-state index in [4.69, 9.17) is 0 Å². The highest BCUT2D eigenvalue weighted by atomic mass is 15.2. The molecule has 4 heteroatoms. The summed E-state index contributed by atoms with van der Waals surface area (Å²) in [6, 6.07) is 0.472. The number of fused-ring (bicyclic) bond motifs is 1. The summed E-state index contributed by atoms with van der Waals surface area (Å²) in [5.74, 6) is 0.850. The van der Waals surface area contributed by atoms with Crippen molar-refractivity contribution < 1.29 is 0 Å². The van der Waals surface area contributed by atoms with Gasteiger partial charge in [-0.2, -0.15) is 0 Å². The van der Waals surface area contributed by atoms with E-state index < -0.39 is 0 Å². The Hall–Kier alpha value is -1.19. The minimum Gasteiger partial charge on any atom is -0.364 e. The van der Waals surface area contributed by atoms with Gasteiger partial charge in [0.1, 0.15) is 12.4 Å². The van der Waals surface area contributed by atoms with Gasteiger partial charge in [-0.1, -0.05) is 0 Å². The van der Waals surface area contributed by atoms with Crippen molar-refractivity contribution in [1.82, 2.24) is 5.32 Å². The maximum Gasteiger partial charge on any atom is 0.156 e. The first-order chi connectivity index (χ1) is 4.88. The molecule has 2 unspecified atom stereocenters. The quantitative estimate of drug-likeness (QED) is 0.493. The van der Waals surface area contributed by atoms with Crippen LogP contribution in [-0.2, 0) is 0 Å². The molecule has 0 saturated heterocycles. The van der Waals surface area contributed by atoms with Gasteiger partial charge in [-0.15, -0.1) is 0 Å². The molecule has 2 rings (SSSR count). The molecule has 10 heavy (non-hydrogen) atoms. The van der Waals surface area contributed by atoms with Crippen LogP contribution in [0.3, 0.4) is 0 Å². The van der Waals surface area contributed by atoms with Crippen LogP contribution in [0.4, 0.5) is 0 Å². The van der Waals surface area contributed by atoms with Crippen molar-refractivity contribution in [3.63, 3.8) is 0 Å². The Bertz CT molecular complexity index is 228. The summed E-state index contributed by atoms with van der Waals surface area (Å²) >= 11 is 0. The standard InChI is InChI=1S/C6H8N4/c1-4-5-6(9-2-7-4)10-3-8-5/h2-5H,1H3,(H,7,8,9,10). The van der Waals surface area contributed by atoms with Gasteiger partial charge < -0.3 is 5.32 Å². The number of nitrogens with one attached hydrogen (secondary N) is 1. The van der Waals surface area contributed by atoms with Crippen molar-refractivity contribution in [2.75, 3.05) is 0 Å². The highest BCUT2D eigenvalue weighted by molar-refractivity contribution is 6.03. The van der Waals surface area contributed by atoms with Gasteiger partial charge in [-0.3, -0.25) is 4.99 Å². The van der Waals surface area contributed by atoms with Crippen LogP contribution in [0.25, 0.3) is 0 Å². The van der Waals surface area contributed by atoms with Crippen LogP contribution in [0.1, 0.15) is 6.92 Å². The summed E-state index contributed by atoms with van der Waals surface area (Å²) in [7, 11) is 0. The molecule has 0 saturated carbocycles. The minimum absolute atomic E-state index is 0.213. The lowest BCUT2D eigenvalue weighted by atomic mass is 10.1. The lowest BCUT2D eigenvalue weighted by Crippen LogP contribution is -2.39. The molecule has 0 spiro atoms. The highest BCUT2D eigenvalue weighted by Crippen LogP contribution is 2.08. The van der Waals surface area contributed by atoms with Crippen LogP contribution in [-0.4, -0.2) is 30.6 Å². The van der Waals surface area contributed by atoms with E-state index in [1.807, 2.05) is 6.92 Å². The molecule has 0 aliphatic carbocycles. The fraction of sp³-hybridized carbons (Fsp3) is 0.500. The number of aliphatic imine (C=N–C) groups is 3. The van der Waals surface area contributed by atoms with Crippen LogP contribution in [0, 0.1) is 0 Å². The average Bonchev–Trinajstić information content (AvgIpc) is 2.36. The molecule has 0 aromatic carbocycles. The number of amidine groups is 1. The van der Waals surface area contributed by atoms with Gasteiger partial charge in [0.2, 0.25) is 0 Å². The molecule has 0 fully saturated rings. The first kappa shape index (κ1) is 5.58. The van der Waals surface area contributed by atoms with Gasteiger partial charge in [0, 0.05) is 0 Å². The van der Waals surface area contributed by atoms with Gasteiger partial charge in [-0.25, -0.2) is 9.98 Å². The Morgan fingerprint density at radius 3 is 3.30 bits per heavy atom. The molecule has 2 atom stereocenters. The third-order valence-corrected chi connectivity index (χ3v) is 1.70. The second kappa shape index (κ2) is 1.90. The van der Waals surface area contributed by atoms with E-state index in [1.54, 1.807) is 12.7 Å². The van der Waals surface area contributed by atoms with Gasteiger partial charge in [0.25, 0.3) is 0 Å². The van der Waals surface area contributed by atoms with Crippen molar-refractivity contribution in [1.29, 1.82) is 0 Å². The third kappa shape index (κ3) is 0.650. The summed E-state index contributed by atoms with van der Waals surface area (Å²) in [4.78, 5) is 12.2. The molecule has 0 bridgehead atoms. The van der Waals surface area contributed by atoms with Crippen molar-refractivity contribution in [3.8, 4) is 0 Å². The summed E-state index contributed by atoms with van der Waals surface area (Å²) in [6.45, 7) is 2.04. The Morgan fingerprint density at radius 1 is 1.60 bits per heavy atom. The van der Waals surface area contributed by atoms with Crippen LogP contribution >= 0.6 is 0 Å². The van der Waals surface area contributed by atoms with E-state index in [-0.39, 0.29) is 12.1 Å². The summed E-state index contributed by atoms with van der Waals surface area (Å²) in [5.41, 5.74) is 0. The van der Waals surface area contributed by atoms with Gasteiger partial charge >= 0.3 is 0 Å². The minimum atomic E-state index is 0.213. The SMILES string of the molecule is CC1N=CN=C2N=CNC21. The first-order valence-electron chi connectivity index (χ1n) is 3.26. The third-order valence-electron chi connectivity index (χ3n) is 1.70. The van der Waals surface area contributed by atoms with E-state index in [2.05, 4.69) is 20.3 Å². The maximum absolute atomic E-state index is 4.12. The van der Waals surface area contributed by atoms with Crippen LogP contribution in [0.5, 0.6) is 0 Å². The lowest BCUT2D eigenvalue weighted by Gasteiger charge is -2.17. The first-order valence-corrected chi connectivity index (χ1v) is 3.26. The smallest absolute Gasteiger partial charge is 0.156 e. The van der Waals surface area contributed by atoms with Gasteiger partial charge in [-0.05, 0) is 6.92 Å². The number of rotatable bonds is 0. The number of hydrogen-bond donors (Lipinski definition) is 1. The summed E-state index contributed by atoms with van der Waals surface area (Å²) < 4.78 is 0. The number of hydrogen-bond acceptors (Lipinski definition) is 4. The van der Waals surface area contributed by atoms with Crippen molar-refractivity contribution in [2.45, 2.75) is 19.0 Å². The highest BCUT2D eigenvalue weighted by Gasteiger charge is 2.26. The second-order valence-corrected chi connectivity index (χ2v) is 2.39. The van der Waals surface area contributed by atoms with Gasteiger partial charge in [0.05, 0.1) is 12.4 Å². The van der Waals surface area contributed by atoms with Crippen molar-refractivity contribution in [3.05, 3.63) is 0 Å². The van der Waals surface area contributed by atoms with E-state index in [0.29, 0.717) is 0 Å². The molecule has 2 aliphatic heterocycles. The predicted molar refractivity (Wildman–Crippen MR) is 40.8 cm³/mol. The zero-order valence-corrected chi connectivity index (χ0v) is 5.65. The maximum atomic E-state index is 4.12. The molecule has 0 aromatic heterocycles. The van der Waals surface area contributed by atoms with E-state index in [9.17, 15) is 0 Å². The van der Waals surface area contributed by atoms with Crippen molar-refractivity contribution >= 4 is 18.5 Å². The van der Waals surface area contributed by atoms with Gasteiger partial charge in [0.15, 0.2) is 5.84 Å². The number of nitrogens with zero attached hydrogens (tertiary/aromatic N) is 3. The fourth-order valence-corrected chi connectivity index (χ4v) is 1.09. The Balaban J connectivity index is 2.31. The molecule has 1 N–H and O–H groups in total.